The van der Waals surface area contributed by atoms with Gasteiger partial charge in [-0.05, 0) is 43.0 Å². The molecule has 1 atom stereocenters. The van der Waals surface area contributed by atoms with Crippen LogP contribution in [-0.2, 0) is 6.54 Å². The van der Waals surface area contributed by atoms with Crippen LogP contribution in [0.4, 0.5) is 0 Å². The third kappa shape index (κ3) is 3.48. The summed E-state index contributed by atoms with van der Waals surface area (Å²) < 4.78 is 0. The van der Waals surface area contributed by atoms with Gasteiger partial charge in [-0.3, -0.25) is 9.88 Å². The summed E-state index contributed by atoms with van der Waals surface area (Å²) in [6.45, 7) is 3.20. The number of hydrogen-bond donors (Lipinski definition) is 2. The van der Waals surface area contributed by atoms with Gasteiger partial charge in [-0.2, -0.15) is 0 Å². The van der Waals surface area contributed by atoms with E-state index in [1.54, 1.807) is 6.20 Å². The minimum atomic E-state index is 0.283. The molecule has 0 amide bonds. The van der Waals surface area contributed by atoms with Gasteiger partial charge in [0.1, 0.15) is 4.99 Å². The van der Waals surface area contributed by atoms with Crippen molar-refractivity contribution < 1.29 is 5.11 Å². The molecule has 98 valence electrons. The van der Waals surface area contributed by atoms with Gasteiger partial charge in [0.05, 0.1) is 5.69 Å². The molecule has 2 heterocycles. The summed E-state index contributed by atoms with van der Waals surface area (Å²) >= 11 is 4.93. The Hall–Kier alpha value is -1.04. The predicted octanol–water partition coefficient (Wildman–Crippen LogP) is 0.920. The molecule has 1 fully saturated rings. The highest BCUT2D eigenvalue weighted by molar-refractivity contribution is 7.80. The number of aliphatic hydroxyl groups is 1. The minimum Gasteiger partial charge on any atom is -0.396 e. The molecule has 0 radical (unpaired) electrons. The average molecular weight is 265 g/mol. The number of likely N-dealkylation sites (tertiary alicyclic amines) is 1. The van der Waals surface area contributed by atoms with E-state index in [9.17, 15) is 5.11 Å². The fourth-order valence-corrected chi connectivity index (χ4v) is 2.52. The van der Waals surface area contributed by atoms with Crippen molar-refractivity contribution in [2.45, 2.75) is 19.4 Å². The van der Waals surface area contributed by atoms with E-state index in [1.165, 1.54) is 5.56 Å². The van der Waals surface area contributed by atoms with E-state index in [2.05, 4.69) is 9.88 Å². The second kappa shape index (κ2) is 6.22. The van der Waals surface area contributed by atoms with E-state index in [-0.39, 0.29) is 6.61 Å². The van der Waals surface area contributed by atoms with Crippen molar-refractivity contribution in [3.63, 3.8) is 0 Å². The summed E-state index contributed by atoms with van der Waals surface area (Å²) in [6.07, 6.45) is 4.03. The van der Waals surface area contributed by atoms with Crippen molar-refractivity contribution in [2.24, 2.45) is 11.7 Å². The smallest absolute Gasteiger partial charge is 0.122 e. The van der Waals surface area contributed by atoms with Crippen LogP contribution in [0.5, 0.6) is 0 Å². The van der Waals surface area contributed by atoms with Crippen LogP contribution in [0.3, 0.4) is 0 Å². The normalized spacial score (nSPS) is 20.8. The number of thiocarbonyl (C=S) groups is 1. The molecule has 0 aliphatic carbocycles. The summed E-state index contributed by atoms with van der Waals surface area (Å²) in [5.41, 5.74) is 7.43. The summed E-state index contributed by atoms with van der Waals surface area (Å²) in [6, 6.07) is 3.94. The molecule has 1 saturated heterocycles. The number of rotatable bonds is 4. The first-order valence-corrected chi connectivity index (χ1v) is 6.68. The number of piperidine rings is 1. The second-order valence-corrected chi connectivity index (χ2v) is 5.28. The van der Waals surface area contributed by atoms with Gasteiger partial charge in [0.25, 0.3) is 0 Å². The topological polar surface area (TPSA) is 62.4 Å². The lowest BCUT2D eigenvalue weighted by atomic mass is 9.98. The van der Waals surface area contributed by atoms with Gasteiger partial charge >= 0.3 is 0 Å². The first-order valence-electron chi connectivity index (χ1n) is 6.27. The molecule has 1 aromatic heterocycles. The highest BCUT2D eigenvalue weighted by Gasteiger charge is 2.19. The van der Waals surface area contributed by atoms with Gasteiger partial charge < -0.3 is 10.8 Å². The maximum Gasteiger partial charge on any atom is 0.122 e. The Balaban J connectivity index is 2.00. The first-order chi connectivity index (χ1) is 8.69. The zero-order valence-corrected chi connectivity index (χ0v) is 11.2. The first kappa shape index (κ1) is 13.4. The summed E-state index contributed by atoms with van der Waals surface area (Å²) in [5, 5.41) is 9.22. The molecule has 18 heavy (non-hydrogen) atoms. The maximum atomic E-state index is 9.22. The molecular formula is C13H19N3OS. The number of nitrogens with two attached hydrogens (primary N) is 1. The van der Waals surface area contributed by atoms with Gasteiger partial charge in [0, 0.05) is 25.9 Å². The van der Waals surface area contributed by atoms with E-state index in [0.29, 0.717) is 16.6 Å². The molecule has 1 aliphatic rings. The molecule has 2 rings (SSSR count). The van der Waals surface area contributed by atoms with Gasteiger partial charge in [0.15, 0.2) is 0 Å². The number of aromatic nitrogens is 1. The van der Waals surface area contributed by atoms with E-state index in [1.807, 2.05) is 12.1 Å². The number of aliphatic hydroxyl groups excluding tert-OH is 1. The fraction of sp³-hybridized carbons (Fsp3) is 0.538. The molecule has 4 nitrogen and oxygen atoms in total. The largest absolute Gasteiger partial charge is 0.396 e. The van der Waals surface area contributed by atoms with Crippen molar-refractivity contribution in [3.8, 4) is 0 Å². The summed E-state index contributed by atoms with van der Waals surface area (Å²) in [4.78, 5) is 6.84. The van der Waals surface area contributed by atoms with E-state index in [4.69, 9.17) is 18.0 Å². The molecule has 0 spiro atoms. The quantitative estimate of drug-likeness (QED) is 0.793. The Morgan fingerprint density at radius 3 is 3.17 bits per heavy atom. The van der Waals surface area contributed by atoms with Gasteiger partial charge in [-0.25, -0.2) is 0 Å². The minimum absolute atomic E-state index is 0.283. The third-order valence-electron chi connectivity index (χ3n) is 3.34. The lowest BCUT2D eigenvalue weighted by Crippen LogP contribution is -2.36. The second-order valence-electron chi connectivity index (χ2n) is 4.84. The lowest BCUT2D eigenvalue weighted by molar-refractivity contribution is 0.116. The number of pyridine rings is 1. The Morgan fingerprint density at radius 2 is 2.44 bits per heavy atom. The monoisotopic (exact) mass is 265 g/mol. The van der Waals surface area contributed by atoms with Crippen LogP contribution < -0.4 is 5.73 Å². The third-order valence-corrected chi connectivity index (χ3v) is 3.55. The number of hydrogen-bond acceptors (Lipinski definition) is 4. The Labute approximate surface area is 113 Å². The Morgan fingerprint density at radius 1 is 1.61 bits per heavy atom. The van der Waals surface area contributed by atoms with Crippen LogP contribution in [0.1, 0.15) is 24.1 Å². The fourth-order valence-electron chi connectivity index (χ4n) is 2.41. The highest BCUT2D eigenvalue weighted by atomic mass is 32.1. The maximum absolute atomic E-state index is 9.22. The average Bonchev–Trinajstić information content (AvgIpc) is 2.39. The summed E-state index contributed by atoms with van der Waals surface area (Å²) in [5.74, 6) is 0.413. The molecule has 5 heteroatoms. The Bertz CT molecular complexity index is 424. The molecule has 1 unspecified atom stereocenters. The van der Waals surface area contributed by atoms with Crippen molar-refractivity contribution in [3.05, 3.63) is 29.6 Å². The zero-order chi connectivity index (χ0) is 13.0. The zero-order valence-electron chi connectivity index (χ0n) is 10.4. The van der Waals surface area contributed by atoms with E-state index < -0.39 is 0 Å². The number of nitrogens with zero attached hydrogens (tertiary/aromatic N) is 2. The van der Waals surface area contributed by atoms with Crippen LogP contribution in [0.2, 0.25) is 0 Å². The SMILES string of the molecule is NC(=S)c1cc(CN2CCCC(CO)C2)ccn1. The van der Waals surface area contributed by atoms with Crippen LogP contribution >= 0.6 is 12.2 Å². The molecule has 1 aliphatic heterocycles. The van der Waals surface area contributed by atoms with Crippen molar-refractivity contribution in [2.75, 3.05) is 19.7 Å². The molecule has 1 aromatic rings. The van der Waals surface area contributed by atoms with Crippen LogP contribution in [0, 0.1) is 5.92 Å². The van der Waals surface area contributed by atoms with Crippen molar-refractivity contribution >= 4 is 17.2 Å². The van der Waals surface area contributed by atoms with Gasteiger partial charge in [-0.15, -0.1) is 0 Å². The molecule has 0 saturated carbocycles. The van der Waals surface area contributed by atoms with E-state index in [0.717, 1.165) is 32.5 Å². The van der Waals surface area contributed by atoms with Crippen LogP contribution in [0.25, 0.3) is 0 Å². The Kier molecular flexibility index (Phi) is 4.63. The van der Waals surface area contributed by atoms with Crippen LogP contribution in [-0.4, -0.2) is 39.7 Å². The van der Waals surface area contributed by atoms with Gasteiger partial charge in [-0.1, -0.05) is 12.2 Å². The van der Waals surface area contributed by atoms with E-state index >= 15 is 0 Å². The molecule has 3 N–H and O–H groups in total. The van der Waals surface area contributed by atoms with Crippen molar-refractivity contribution in [1.82, 2.24) is 9.88 Å². The lowest BCUT2D eigenvalue weighted by Gasteiger charge is -2.31. The molecular weight excluding hydrogens is 246 g/mol. The van der Waals surface area contributed by atoms with Crippen LogP contribution in [0.15, 0.2) is 18.3 Å². The predicted molar refractivity (Wildman–Crippen MR) is 75.2 cm³/mol. The standard InChI is InChI=1S/C13H19N3OS/c14-13(18)12-6-10(3-4-15-12)7-16-5-1-2-11(8-16)9-17/h3-4,6,11,17H,1-2,5,7-9H2,(H2,14,18). The highest BCUT2D eigenvalue weighted by Crippen LogP contribution is 2.18. The van der Waals surface area contributed by atoms with Crippen molar-refractivity contribution in [1.29, 1.82) is 0 Å². The van der Waals surface area contributed by atoms with Gasteiger partial charge in [0.2, 0.25) is 0 Å². The summed E-state index contributed by atoms with van der Waals surface area (Å²) in [7, 11) is 0. The molecule has 0 aromatic carbocycles. The molecule has 0 bridgehead atoms.